The van der Waals surface area contributed by atoms with Gasteiger partial charge in [-0.2, -0.15) is 0 Å². The first-order chi connectivity index (χ1) is 12.7. The van der Waals surface area contributed by atoms with Crippen LogP contribution in [-0.2, 0) is 6.54 Å². The van der Waals surface area contributed by atoms with E-state index in [1.54, 1.807) is 42.6 Å². The van der Waals surface area contributed by atoms with Crippen molar-refractivity contribution in [3.8, 4) is 5.75 Å². The average molecular weight is 371 g/mol. The van der Waals surface area contributed by atoms with Gasteiger partial charge in [0.15, 0.2) is 11.6 Å². The van der Waals surface area contributed by atoms with Crippen LogP contribution >= 0.6 is 11.6 Å². The Bertz CT molecular complexity index is 959. The number of nitrogens with zero attached hydrogens (tertiary/aromatic N) is 1. The van der Waals surface area contributed by atoms with Crippen LogP contribution in [0.1, 0.15) is 15.9 Å². The van der Waals surface area contributed by atoms with Crippen molar-refractivity contribution in [1.82, 2.24) is 10.3 Å². The Morgan fingerprint density at radius 3 is 2.96 bits per heavy atom. The van der Waals surface area contributed by atoms with E-state index < -0.39 is 5.82 Å². The molecule has 0 aliphatic heterocycles. The first-order valence-electron chi connectivity index (χ1n) is 7.97. The third-order valence-electron chi connectivity index (χ3n) is 3.77. The molecule has 0 unspecified atom stereocenters. The minimum atomic E-state index is -0.501. The van der Waals surface area contributed by atoms with Gasteiger partial charge >= 0.3 is 0 Å². The predicted octanol–water partition coefficient (Wildman–Crippen LogP) is 4.44. The number of halogens is 2. The van der Waals surface area contributed by atoms with Gasteiger partial charge in [-0.25, -0.2) is 4.39 Å². The molecule has 3 rings (SSSR count). The van der Waals surface area contributed by atoms with Crippen molar-refractivity contribution in [2.75, 3.05) is 6.61 Å². The summed E-state index contributed by atoms with van der Waals surface area (Å²) in [5.74, 6) is -0.673. The number of pyridine rings is 1. The summed E-state index contributed by atoms with van der Waals surface area (Å²) in [5.41, 5.74) is 2.95. The number of carbonyl (C=O) groups is 1. The number of ether oxygens (including phenoxy) is 1. The molecule has 26 heavy (non-hydrogen) atoms. The Kier molecular flexibility index (Phi) is 5.81. The molecule has 1 amide bonds. The second-order valence-corrected chi connectivity index (χ2v) is 5.75. The van der Waals surface area contributed by atoms with Crippen LogP contribution in [0.3, 0.4) is 0 Å². The largest absolute Gasteiger partial charge is 0.486 e. The van der Waals surface area contributed by atoms with E-state index in [1.165, 1.54) is 11.6 Å². The van der Waals surface area contributed by atoms with Gasteiger partial charge in [-0.15, -0.1) is 0 Å². The molecule has 0 aliphatic carbocycles. The maximum Gasteiger partial charge on any atom is 0.251 e. The number of amides is 1. The summed E-state index contributed by atoms with van der Waals surface area (Å²) >= 11 is 5.41. The molecule has 0 bridgehead atoms. The lowest BCUT2D eigenvalue weighted by Crippen LogP contribution is -2.23. The Morgan fingerprint density at radius 1 is 1.23 bits per heavy atom. The summed E-state index contributed by atoms with van der Waals surface area (Å²) in [7, 11) is 0. The second kappa shape index (κ2) is 8.45. The van der Waals surface area contributed by atoms with Gasteiger partial charge in [0.05, 0.1) is 5.52 Å². The molecule has 132 valence electrons. The molecule has 0 radical (unpaired) electrons. The summed E-state index contributed by atoms with van der Waals surface area (Å²) in [5, 5.41) is 3.59. The number of hydrogen-bond acceptors (Lipinski definition) is 3. The molecule has 0 saturated heterocycles. The highest BCUT2D eigenvalue weighted by molar-refractivity contribution is 6.25. The Labute approximate surface area is 155 Å². The molecule has 1 heterocycles. The van der Waals surface area contributed by atoms with Crippen molar-refractivity contribution in [2.45, 2.75) is 6.54 Å². The van der Waals surface area contributed by atoms with Gasteiger partial charge in [-0.05, 0) is 36.4 Å². The summed E-state index contributed by atoms with van der Waals surface area (Å²) in [6, 6.07) is 13.7. The number of rotatable bonds is 6. The van der Waals surface area contributed by atoms with Crippen molar-refractivity contribution in [3.63, 3.8) is 0 Å². The zero-order chi connectivity index (χ0) is 18.4. The van der Waals surface area contributed by atoms with Crippen molar-refractivity contribution >= 4 is 28.4 Å². The van der Waals surface area contributed by atoms with Crippen LogP contribution in [0.15, 0.2) is 66.3 Å². The lowest BCUT2D eigenvalue weighted by molar-refractivity contribution is 0.0950. The van der Waals surface area contributed by atoms with Crippen LogP contribution < -0.4 is 10.1 Å². The monoisotopic (exact) mass is 370 g/mol. The number of nitrogens with one attached hydrogen (secondary N) is 1. The van der Waals surface area contributed by atoms with Gasteiger partial charge < -0.3 is 10.1 Å². The molecule has 3 aromatic rings. The molecule has 0 fully saturated rings. The van der Waals surface area contributed by atoms with Crippen LogP contribution in [0.2, 0.25) is 0 Å². The van der Waals surface area contributed by atoms with Gasteiger partial charge in [0.1, 0.15) is 6.61 Å². The first kappa shape index (κ1) is 17.9. The topological polar surface area (TPSA) is 51.2 Å². The van der Waals surface area contributed by atoms with E-state index in [2.05, 4.69) is 10.3 Å². The summed E-state index contributed by atoms with van der Waals surface area (Å²) in [6.07, 6.45) is 3.26. The van der Waals surface area contributed by atoms with E-state index >= 15 is 0 Å². The highest BCUT2D eigenvalue weighted by Gasteiger charge is 2.11. The smallest absolute Gasteiger partial charge is 0.251 e. The third kappa shape index (κ3) is 4.18. The molecule has 0 atom stereocenters. The molecule has 0 saturated carbocycles. The van der Waals surface area contributed by atoms with Crippen LogP contribution in [0.25, 0.3) is 10.9 Å². The molecular weight excluding hydrogens is 355 g/mol. The zero-order valence-electron chi connectivity index (χ0n) is 13.8. The maximum absolute atomic E-state index is 14.4. The van der Waals surface area contributed by atoms with Gasteiger partial charge in [-0.3, -0.25) is 9.78 Å². The molecule has 0 aliphatic rings. The number of benzene rings is 2. The quantitative estimate of drug-likeness (QED) is 0.698. The molecule has 0 spiro atoms. The standard InChI is InChI=1S/C20H16ClFN2O2/c21-9-3-11-26-18-6-1-4-16(19(18)22)13-24-20(25)15-7-8-17-14(12-15)5-2-10-23-17/h1-10,12H,11,13H2,(H,24,25)/b9-3+. The number of hydrogen-bond donors (Lipinski definition) is 1. The van der Waals surface area contributed by atoms with Crippen LogP contribution in [0, 0.1) is 5.82 Å². The highest BCUT2D eigenvalue weighted by atomic mass is 35.5. The van der Waals surface area contributed by atoms with E-state index in [1.807, 2.05) is 12.1 Å². The van der Waals surface area contributed by atoms with E-state index in [4.69, 9.17) is 16.3 Å². The van der Waals surface area contributed by atoms with Crippen LogP contribution in [0.4, 0.5) is 4.39 Å². The van der Waals surface area contributed by atoms with Gasteiger partial charge in [0.2, 0.25) is 0 Å². The van der Waals surface area contributed by atoms with E-state index in [0.29, 0.717) is 11.1 Å². The highest BCUT2D eigenvalue weighted by Crippen LogP contribution is 2.21. The number of carbonyl (C=O) groups excluding carboxylic acids is 1. The minimum absolute atomic E-state index is 0.0539. The number of fused-ring (bicyclic) bond motifs is 1. The van der Waals surface area contributed by atoms with Crippen LogP contribution in [-0.4, -0.2) is 17.5 Å². The van der Waals surface area contributed by atoms with Crippen molar-refractivity contribution in [1.29, 1.82) is 0 Å². The zero-order valence-corrected chi connectivity index (χ0v) is 14.5. The molecule has 1 N–H and O–H groups in total. The summed E-state index contributed by atoms with van der Waals surface area (Å²) in [4.78, 5) is 16.6. The minimum Gasteiger partial charge on any atom is -0.486 e. The maximum atomic E-state index is 14.4. The summed E-state index contributed by atoms with van der Waals surface area (Å²) < 4.78 is 19.7. The molecule has 2 aromatic carbocycles. The van der Waals surface area contributed by atoms with E-state index in [-0.39, 0.29) is 24.8 Å². The normalized spacial score (nSPS) is 11.0. The average Bonchev–Trinajstić information content (AvgIpc) is 2.68. The van der Waals surface area contributed by atoms with Gasteiger partial charge in [0, 0.05) is 34.8 Å². The van der Waals surface area contributed by atoms with Crippen molar-refractivity contribution in [3.05, 3.63) is 83.3 Å². The van der Waals surface area contributed by atoms with Crippen LogP contribution in [0.5, 0.6) is 5.75 Å². The van der Waals surface area contributed by atoms with Gasteiger partial charge in [0.25, 0.3) is 5.91 Å². The molecular formula is C20H16ClFN2O2. The molecule has 4 nitrogen and oxygen atoms in total. The Hall–Kier alpha value is -2.92. The lowest BCUT2D eigenvalue weighted by atomic mass is 10.1. The van der Waals surface area contributed by atoms with E-state index in [0.717, 1.165) is 10.9 Å². The van der Waals surface area contributed by atoms with E-state index in [9.17, 15) is 9.18 Å². The van der Waals surface area contributed by atoms with Gasteiger partial charge in [-0.1, -0.05) is 29.8 Å². The van der Waals surface area contributed by atoms with Crippen molar-refractivity contribution < 1.29 is 13.9 Å². The third-order valence-corrected chi connectivity index (χ3v) is 3.95. The van der Waals surface area contributed by atoms with Crippen molar-refractivity contribution in [2.24, 2.45) is 0 Å². The number of aromatic nitrogens is 1. The fraction of sp³-hybridized carbons (Fsp3) is 0.100. The SMILES string of the molecule is O=C(NCc1cccc(OC/C=C/Cl)c1F)c1ccc2ncccc2c1. The Morgan fingerprint density at radius 2 is 2.12 bits per heavy atom. The first-order valence-corrected chi connectivity index (χ1v) is 8.41. The predicted molar refractivity (Wildman–Crippen MR) is 99.8 cm³/mol. The second-order valence-electron chi connectivity index (χ2n) is 5.50. The Balaban J connectivity index is 1.69. The fourth-order valence-electron chi connectivity index (χ4n) is 2.47. The molecule has 1 aromatic heterocycles. The lowest BCUT2D eigenvalue weighted by Gasteiger charge is -2.10. The molecule has 6 heteroatoms. The summed E-state index contributed by atoms with van der Waals surface area (Å²) in [6.45, 7) is 0.222. The fourth-order valence-corrected chi connectivity index (χ4v) is 2.55.